The van der Waals surface area contributed by atoms with E-state index in [1.165, 1.54) is 0 Å². The number of hydrogen-bond acceptors (Lipinski definition) is 3. The van der Waals surface area contributed by atoms with Crippen LogP contribution in [0.2, 0.25) is 0 Å². The maximum absolute atomic E-state index is 12.1. The maximum Gasteiger partial charge on any atom is 0.338 e. The molecular weight excluding hydrogens is 250 g/mol. The minimum Gasteiger partial charge on any atom is -0.458 e. The lowest BCUT2D eigenvalue weighted by atomic mass is 9.91. The van der Waals surface area contributed by atoms with E-state index in [-0.39, 0.29) is 12.1 Å². The number of piperidine rings is 1. The molecule has 108 valence electrons. The van der Waals surface area contributed by atoms with Gasteiger partial charge in [0, 0.05) is 31.5 Å². The Morgan fingerprint density at radius 2 is 2.10 bits per heavy atom. The lowest BCUT2D eigenvalue weighted by Gasteiger charge is -2.40. The molecule has 1 aromatic carbocycles. The largest absolute Gasteiger partial charge is 0.458 e. The average molecular weight is 273 g/mol. The third kappa shape index (κ3) is 3.48. The highest BCUT2D eigenvalue weighted by Crippen LogP contribution is 2.25. The fraction of sp³-hybridized carbons (Fsp3) is 0.471. The minimum atomic E-state index is -0.216. The highest BCUT2D eigenvalue weighted by molar-refractivity contribution is 5.89. The van der Waals surface area contributed by atoms with Gasteiger partial charge in [-0.05, 0) is 19.1 Å². The van der Waals surface area contributed by atoms with Gasteiger partial charge in [-0.1, -0.05) is 31.2 Å². The number of hydrogen-bond donors (Lipinski definition) is 0. The molecule has 20 heavy (non-hydrogen) atoms. The van der Waals surface area contributed by atoms with Crippen LogP contribution >= 0.6 is 0 Å². The van der Waals surface area contributed by atoms with Gasteiger partial charge < -0.3 is 4.74 Å². The normalized spacial score (nSPS) is 27.0. The summed E-state index contributed by atoms with van der Waals surface area (Å²) in [6, 6.07) is 9.62. The molecule has 0 unspecified atom stereocenters. The first-order valence-corrected chi connectivity index (χ1v) is 7.22. The molecule has 1 fully saturated rings. The number of esters is 1. The summed E-state index contributed by atoms with van der Waals surface area (Å²) in [4.78, 5) is 14.5. The van der Waals surface area contributed by atoms with Crippen LogP contribution in [-0.4, -0.2) is 36.1 Å². The standard InChI is InChI=1S/C17H23NO2/c1-4-10-18-12-13(2)16(11-14(18)3)20-17(19)15-8-6-5-7-9-15/h4-9,13-14,16H,1,10-12H2,2-3H3/t13-,14-,16+/m0/s1. The summed E-state index contributed by atoms with van der Waals surface area (Å²) >= 11 is 0. The van der Waals surface area contributed by atoms with Gasteiger partial charge in [-0.15, -0.1) is 6.58 Å². The summed E-state index contributed by atoms with van der Waals surface area (Å²) in [5, 5.41) is 0. The quantitative estimate of drug-likeness (QED) is 0.623. The summed E-state index contributed by atoms with van der Waals surface area (Å²) in [5.41, 5.74) is 0.626. The smallest absolute Gasteiger partial charge is 0.338 e. The zero-order chi connectivity index (χ0) is 14.5. The Morgan fingerprint density at radius 3 is 2.75 bits per heavy atom. The molecule has 1 aromatic rings. The number of carbonyl (C=O) groups excluding carboxylic acids is 1. The van der Waals surface area contributed by atoms with E-state index < -0.39 is 0 Å². The Bertz CT molecular complexity index is 457. The van der Waals surface area contributed by atoms with Gasteiger partial charge >= 0.3 is 5.97 Å². The minimum absolute atomic E-state index is 0.00114. The molecule has 0 bridgehead atoms. The van der Waals surface area contributed by atoms with Crippen molar-refractivity contribution in [2.45, 2.75) is 32.4 Å². The first-order valence-electron chi connectivity index (χ1n) is 7.22. The first-order chi connectivity index (χ1) is 9.61. The van der Waals surface area contributed by atoms with Gasteiger partial charge in [-0.2, -0.15) is 0 Å². The second-order valence-corrected chi connectivity index (χ2v) is 5.61. The van der Waals surface area contributed by atoms with Crippen molar-refractivity contribution in [2.24, 2.45) is 5.92 Å². The summed E-state index contributed by atoms with van der Waals surface area (Å²) < 4.78 is 5.70. The molecule has 1 aliphatic heterocycles. The number of ether oxygens (including phenoxy) is 1. The Hall–Kier alpha value is -1.61. The molecule has 0 amide bonds. The van der Waals surface area contributed by atoms with Gasteiger partial charge in [0.15, 0.2) is 0 Å². The molecule has 1 heterocycles. The first kappa shape index (κ1) is 14.8. The third-order valence-corrected chi connectivity index (χ3v) is 3.99. The predicted molar refractivity (Wildman–Crippen MR) is 80.7 cm³/mol. The van der Waals surface area contributed by atoms with E-state index in [0.29, 0.717) is 17.5 Å². The van der Waals surface area contributed by atoms with E-state index in [0.717, 1.165) is 19.5 Å². The molecule has 0 aliphatic carbocycles. The molecule has 1 aliphatic rings. The van der Waals surface area contributed by atoms with Gasteiger partial charge in [-0.3, -0.25) is 4.90 Å². The second-order valence-electron chi connectivity index (χ2n) is 5.61. The van der Waals surface area contributed by atoms with Gasteiger partial charge in [-0.25, -0.2) is 4.79 Å². The van der Waals surface area contributed by atoms with E-state index in [4.69, 9.17) is 4.74 Å². The highest BCUT2D eigenvalue weighted by atomic mass is 16.5. The van der Waals surface area contributed by atoms with Crippen molar-refractivity contribution >= 4 is 5.97 Å². The molecule has 0 spiro atoms. The molecular formula is C17H23NO2. The van der Waals surface area contributed by atoms with Crippen LogP contribution in [-0.2, 0) is 4.74 Å². The Labute approximate surface area is 121 Å². The number of carbonyl (C=O) groups is 1. The zero-order valence-electron chi connectivity index (χ0n) is 12.3. The molecule has 0 radical (unpaired) electrons. The molecule has 3 nitrogen and oxygen atoms in total. The van der Waals surface area contributed by atoms with Crippen LogP contribution in [0, 0.1) is 5.92 Å². The van der Waals surface area contributed by atoms with Crippen molar-refractivity contribution in [1.82, 2.24) is 4.90 Å². The summed E-state index contributed by atoms with van der Waals surface area (Å²) in [5.74, 6) is 0.130. The molecule has 3 heteroatoms. The highest BCUT2D eigenvalue weighted by Gasteiger charge is 2.32. The van der Waals surface area contributed by atoms with Crippen molar-refractivity contribution < 1.29 is 9.53 Å². The molecule has 3 atom stereocenters. The Kier molecular flexibility index (Phi) is 4.96. The number of nitrogens with zero attached hydrogens (tertiary/aromatic N) is 1. The fourth-order valence-electron chi connectivity index (χ4n) is 2.75. The lowest BCUT2D eigenvalue weighted by molar-refractivity contribution is -0.0228. The zero-order valence-corrected chi connectivity index (χ0v) is 12.3. The molecule has 0 saturated carbocycles. The lowest BCUT2D eigenvalue weighted by Crippen LogP contribution is -2.48. The van der Waals surface area contributed by atoms with E-state index in [1.54, 1.807) is 12.1 Å². The van der Waals surface area contributed by atoms with Crippen LogP contribution in [0.25, 0.3) is 0 Å². The predicted octanol–water partition coefficient (Wildman–Crippen LogP) is 3.13. The average Bonchev–Trinajstić information content (AvgIpc) is 2.45. The van der Waals surface area contributed by atoms with Gasteiger partial charge in [0.05, 0.1) is 5.56 Å². The third-order valence-electron chi connectivity index (χ3n) is 3.99. The van der Waals surface area contributed by atoms with Crippen LogP contribution in [0.3, 0.4) is 0 Å². The summed E-state index contributed by atoms with van der Waals surface area (Å²) in [7, 11) is 0. The van der Waals surface area contributed by atoms with Crippen LogP contribution in [0.4, 0.5) is 0 Å². The SMILES string of the molecule is C=CCN1C[C@H](C)[C@H](OC(=O)c2ccccc2)C[C@@H]1C. The summed E-state index contributed by atoms with van der Waals surface area (Å²) in [6.45, 7) is 9.96. The van der Waals surface area contributed by atoms with E-state index in [2.05, 4.69) is 25.3 Å². The molecule has 0 aromatic heterocycles. The van der Waals surface area contributed by atoms with Gasteiger partial charge in [0.25, 0.3) is 0 Å². The topological polar surface area (TPSA) is 29.5 Å². The van der Waals surface area contributed by atoms with Crippen molar-refractivity contribution in [3.8, 4) is 0 Å². The van der Waals surface area contributed by atoms with Gasteiger partial charge in [0.1, 0.15) is 6.10 Å². The Balaban J connectivity index is 1.97. The maximum atomic E-state index is 12.1. The monoisotopic (exact) mass is 273 g/mol. The van der Waals surface area contributed by atoms with Crippen molar-refractivity contribution in [3.63, 3.8) is 0 Å². The van der Waals surface area contributed by atoms with Crippen LogP contribution < -0.4 is 0 Å². The van der Waals surface area contributed by atoms with Crippen LogP contribution in [0.1, 0.15) is 30.6 Å². The Morgan fingerprint density at radius 1 is 1.40 bits per heavy atom. The summed E-state index contributed by atoms with van der Waals surface area (Å²) in [6.07, 6.45) is 2.81. The van der Waals surface area contributed by atoms with Crippen molar-refractivity contribution in [2.75, 3.05) is 13.1 Å². The van der Waals surface area contributed by atoms with E-state index >= 15 is 0 Å². The van der Waals surface area contributed by atoms with Gasteiger partial charge in [0.2, 0.25) is 0 Å². The number of benzene rings is 1. The fourth-order valence-corrected chi connectivity index (χ4v) is 2.75. The number of likely N-dealkylation sites (tertiary alicyclic amines) is 1. The number of rotatable bonds is 4. The van der Waals surface area contributed by atoms with E-state index in [1.807, 2.05) is 24.3 Å². The molecule has 0 N–H and O–H groups in total. The molecule has 1 saturated heterocycles. The van der Waals surface area contributed by atoms with Crippen LogP contribution in [0.5, 0.6) is 0 Å². The van der Waals surface area contributed by atoms with Crippen LogP contribution in [0.15, 0.2) is 43.0 Å². The second kappa shape index (κ2) is 6.71. The molecule has 2 rings (SSSR count). The van der Waals surface area contributed by atoms with Crippen molar-refractivity contribution in [3.05, 3.63) is 48.6 Å². The van der Waals surface area contributed by atoms with Crippen molar-refractivity contribution in [1.29, 1.82) is 0 Å². The van der Waals surface area contributed by atoms with E-state index in [9.17, 15) is 4.79 Å².